The Kier molecular flexibility index (Phi) is 5.25. The Hall–Kier alpha value is -1.26. The standard InChI is InChI=1S/C13H21NO3/c1-9(2)17-13(8-14)11-7-10(15-3)5-6-12(11)16-4/h5-7,9,13H,8,14H2,1-4H3. The van der Waals surface area contributed by atoms with E-state index in [2.05, 4.69) is 0 Å². The molecule has 0 aliphatic heterocycles. The molecule has 2 N–H and O–H groups in total. The minimum absolute atomic E-state index is 0.111. The van der Waals surface area contributed by atoms with Gasteiger partial charge in [0, 0.05) is 12.1 Å². The first-order chi connectivity index (χ1) is 8.12. The van der Waals surface area contributed by atoms with Gasteiger partial charge in [0.15, 0.2) is 0 Å². The number of methoxy groups -OCH3 is 2. The van der Waals surface area contributed by atoms with Crippen molar-refractivity contribution in [2.75, 3.05) is 20.8 Å². The number of nitrogens with two attached hydrogens (primary N) is 1. The maximum absolute atomic E-state index is 5.77. The van der Waals surface area contributed by atoms with Gasteiger partial charge in [0.1, 0.15) is 11.5 Å². The average molecular weight is 239 g/mol. The fourth-order valence-corrected chi connectivity index (χ4v) is 1.68. The van der Waals surface area contributed by atoms with Crippen LogP contribution in [-0.4, -0.2) is 26.9 Å². The lowest BCUT2D eigenvalue weighted by Crippen LogP contribution is -2.20. The summed E-state index contributed by atoms with van der Waals surface area (Å²) in [6.45, 7) is 4.37. The Bertz CT molecular complexity index is 353. The zero-order chi connectivity index (χ0) is 12.8. The number of benzene rings is 1. The van der Waals surface area contributed by atoms with Crippen molar-refractivity contribution in [3.63, 3.8) is 0 Å². The second-order valence-electron chi connectivity index (χ2n) is 4.02. The summed E-state index contributed by atoms with van der Waals surface area (Å²) in [5.41, 5.74) is 6.67. The van der Waals surface area contributed by atoms with Crippen molar-refractivity contribution in [2.24, 2.45) is 5.73 Å². The Balaban J connectivity index is 3.05. The maximum Gasteiger partial charge on any atom is 0.124 e. The SMILES string of the molecule is COc1ccc(OC)c(C(CN)OC(C)C)c1. The van der Waals surface area contributed by atoms with Gasteiger partial charge < -0.3 is 19.9 Å². The van der Waals surface area contributed by atoms with Gasteiger partial charge in [0.25, 0.3) is 0 Å². The van der Waals surface area contributed by atoms with E-state index in [4.69, 9.17) is 19.9 Å². The maximum atomic E-state index is 5.77. The predicted molar refractivity (Wildman–Crippen MR) is 67.6 cm³/mol. The summed E-state index contributed by atoms with van der Waals surface area (Å²) in [6.07, 6.45) is -0.0699. The van der Waals surface area contributed by atoms with Crippen LogP contribution >= 0.6 is 0 Å². The summed E-state index contributed by atoms with van der Waals surface area (Å²) in [5, 5.41) is 0. The van der Waals surface area contributed by atoms with Gasteiger partial charge in [-0.1, -0.05) is 0 Å². The van der Waals surface area contributed by atoms with Crippen LogP contribution in [0.5, 0.6) is 11.5 Å². The number of ether oxygens (including phenoxy) is 3. The molecule has 1 rings (SSSR count). The number of rotatable bonds is 6. The molecule has 0 saturated heterocycles. The summed E-state index contributed by atoms with van der Waals surface area (Å²) in [7, 11) is 3.26. The Labute approximate surface area is 103 Å². The first-order valence-corrected chi connectivity index (χ1v) is 5.69. The molecule has 0 fully saturated rings. The summed E-state index contributed by atoms with van der Waals surface area (Å²) >= 11 is 0. The average Bonchev–Trinajstić information content (AvgIpc) is 2.34. The van der Waals surface area contributed by atoms with Crippen LogP contribution in [0.2, 0.25) is 0 Å². The van der Waals surface area contributed by atoms with Crippen molar-refractivity contribution in [3.8, 4) is 11.5 Å². The molecule has 0 aromatic heterocycles. The molecule has 1 aromatic rings. The Morgan fingerprint density at radius 2 is 1.88 bits per heavy atom. The fraction of sp³-hybridized carbons (Fsp3) is 0.538. The predicted octanol–water partition coefficient (Wildman–Crippen LogP) is 2.13. The monoisotopic (exact) mass is 239 g/mol. The van der Waals surface area contributed by atoms with Crippen LogP contribution in [0.1, 0.15) is 25.5 Å². The van der Waals surface area contributed by atoms with E-state index in [-0.39, 0.29) is 12.2 Å². The van der Waals surface area contributed by atoms with Crippen LogP contribution in [0.25, 0.3) is 0 Å². The molecule has 0 bridgehead atoms. The van der Waals surface area contributed by atoms with E-state index in [1.807, 2.05) is 32.0 Å². The van der Waals surface area contributed by atoms with Gasteiger partial charge in [-0.2, -0.15) is 0 Å². The minimum atomic E-state index is -0.181. The lowest BCUT2D eigenvalue weighted by atomic mass is 10.1. The minimum Gasteiger partial charge on any atom is -0.497 e. The third-order valence-electron chi connectivity index (χ3n) is 2.43. The second-order valence-corrected chi connectivity index (χ2v) is 4.02. The highest BCUT2D eigenvalue weighted by atomic mass is 16.5. The van der Waals surface area contributed by atoms with Crippen LogP contribution in [-0.2, 0) is 4.74 Å². The molecule has 0 aliphatic rings. The molecule has 1 atom stereocenters. The quantitative estimate of drug-likeness (QED) is 0.826. The lowest BCUT2D eigenvalue weighted by Gasteiger charge is -2.21. The van der Waals surface area contributed by atoms with Gasteiger partial charge in [-0.15, -0.1) is 0 Å². The molecular formula is C13H21NO3. The highest BCUT2D eigenvalue weighted by molar-refractivity contribution is 5.41. The van der Waals surface area contributed by atoms with Gasteiger partial charge in [0.2, 0.25) is 0 Å². The van der Waals surface area contributed by atoms with E-state index in [0.29, 0.717) is 6.54 Å². The van der Waals surface area contributed by atoms with Crippen molar-refractivity contribution < 1.29 is 14.2 Å². The largest absolute Gasteiger partial charge is 0.497 e. The van der Waals surface area contributed by atoms with Gasteiger partial charge in [-0.25, -0.2) is 0 Å². The molecule has 1 unspecified atom stereocenters. The van der Waals surface area contributed by atoms with E-state index in [1.54, 1.807) is 14.2 Å². The van der Waals surface area contributed by atoms with Gasteiger partial charge in [-0.05, 0) is 32.0 Å². The molecule has 4 nitrogen and oxygen atoms in total. The summed E-state index contributed by atoms with van der Waals surface area (Å²) < 4.78 is 16.3. The van der Waals surface area contributed by atoms with Gasteiger partial charge >= 0.3 is 0 Å². The third kappa shape index (κ3) is 3.61. The molecule has 0 aliphatic carbocycles. The molecule has 4 heteroatoms. The van der Waals surface area contributed by atoms with Crippen LogP contribution in [0.4, 0.5) is 0 Å². The fourth-order valence-electron chi connectivity index (χ4n) is 1.68. The first-order valence-electron chi connectivity index (χ1n) is 5.69. The number of hydrogen-bond acceptors (Lipinski definition) is 4. The summed E-state index contributed by atoms with van der Waals surface area (Å²) in [5.74, 6) is 1.54. The smallest absolute Gasteiger partial charge is 0.124 e. The summed E-state index contributed by atoms with van der Waals surface area (Å²) in [6, 6.07) is 5.62. The van der Waals surface area contributed by atoms with E-state index >= 15 is 0 Å². The van der Waals surface area contributed by atoms with Crippen LogP contribution in [0, 0.1) is 0 Å². The van der Waals surface area contributed by atoms with Crippen molar-refractivity contribution >= 4 is 0 Å². The summed E-state index contributed by atoms with van der Waals surface area (Å²) in [4.78, 5) is 0. The Morgan fingerprint density at radius 3 is 2.35 bits per heavy atom. The molecule has 0 saturated carbocycles. The zero-order valence-electron chi connectivity index (χ0n) is 10.9. The van der Waals surface area contributed by atoms with Crippen LogP contribution in [0.15, 0.2) is 18.2 Å². The molecule has 1 aromatic carbocycles. The first kappa shape index (κ1) is 13.8. The van der Waals surface area contributed by atoms with Crippen molar-refractivity contribution in [2.45, 2.75) is 26.1 Å². The third-order valence-corrected chi connectivity index (χ3v) is 2.43. The van der Waals surface area contributed by atoms with E-state index in [9.17, 15) is 0 Å². The second kappa shape index (κ2) is 6.47. The number of hydrogen-bond donors (Lipinski definition) is 1. The van der Waals surface area contributed by atoms with Gasteiger partial charge in [0.05, 0.1) is 26.4 Å². The van der Waals surface area contributed by atoms with Crippen molar-refractivity contribution in [1.29, 1.82) is 0 Å². The zero-order valence-corrected chi connectivity index (χ0v) is 10.9. The van der Waals surface area contributed by atoms with Crippen LogP contribution < -0.4 is 15.2 Å². The molecule has 0 radical (unpaired) electrons. The highest BCUT2D eigenvalue weighted by Crippen LogP contribution is 2.31. The molecule has 0 amide bonds. The molecule has 96 valence electrons. The molecule has 17 heavy (non-hydrogen) atoms. The van der Waals surface area contributed by atoms with Crippen molar-refractivity contribution in [1.82, 2.24) is 0 Å². The molecular weight excluding hydrogens is 218 g/mol. The Morgan fingerprint density at radius 1 is 1.18 bits per heavy atom. The highest BCUT2D eigenvalue weighted by Gasteiger charge is 2.17. The van der Waals surface area contributed by atoms with E-state index < -0.39 is 0 Å². The topological polar surface area (TPSA) is 53.7 Å². The van der Waals surface area contributed by atoms with E-state index in [0.717, 1.165) is 17.1 Å². The normalized spacial score (nSPS) is 12.6. The van der Waals surface area contributed by atoms with Crippen LogP contribution in [0.3, 0.4) is 0 Å². The van der Waals surface area contributed by atoms with Crippen molar-refractivity contribution in [3.05, 3.63) is 23.8 Å². The van der Waals surface area contributed by atoms with Gasteiger partial charge in [-0.3, -0.25) is 0 Å². The molecule has 0 spiro atoms. The molecule has 0 heterocycles. The van der Waals surface area contributed by atoms with E-state index in [1.165, 1.54) is 0 Å². The lowest BCUT2D eigenvalue weighted by molar-refractivity contribution is 0.0106.